The Morgan fingerprint density at radius 3 is 2.30 bits per heavy atom. The third kappa shape index (κ3) is 1.73. The van der Waals surface area contributed by atoms with E-state index in [1.165, 1.54) is 12.1 Å². The maximum absolute atomic E-state index is 12.3. The summed E-state index contributed by atoms with van der Waals surface area (Å²) in [6.45, 7) is 0. The van der Waals surface area contributed by atoms with Crippen molar-refractivity contribution in [2.45, 2.75) is 0 Å². The predicted molar refractivity (Wildman–Crippen MR) is 44.0 cm³/mol. The lowest BCUT2D eigenvalue weighted by molar-refractivity contribution is 0.628. The van der Waals surface area contributed by atoms with Crippen LogP contribution in [0.25, 0.3) is 6.08 Å². The van der Waals surface area contributed by atoms with Crippen molar-refractivity contribution in [3.05, 3.63) is 41.6 Å². The van der Waals surface area contributed by atoms with Crippen LogP contribution in [0.2, 0.25) is 0 Å². The Balaban J connectivity index is 2.89. The molecule has 0 heterocycles. The van der Waals surface area contributed by atoms with Gasteiger partial charge in [-0.25, -0.2) is 4.39 Å². The van der Waals surface area contributed by atoms with Gasteiger partial charge in [0.15, 0.2) is 0 Å². The van der Waals surface area contributed by atoms with Crippen LogP contribution in [0.3, 0.4) is 0 Å². The van der Waals surface area contributed by atoms with Crippen molar-refractivity contribution in [1.29, 1.82) is 0 Å². The van der Waals surface area contributed by atoms with E-state index in [9.17, 15) is 4.39 Å². The third-order valence-electron chi connectivity index (χ3n) is 1.23. The molecule has 0 saturated heterocycles. The first kappa shape index (κ1) is 7.07. The highest BCUT2D eigenvalue weighted by molar-refractivity contribution is 6.19. The number of hydrogen-bond acceptors (Lipinski definition) is 0. The van der Waals surface area contributed by atoms with Gasteiger partial charge in [0.1, 0.15) is 13.7 Å². The number of halogens is 1. The molecule has 0 spiro atoms. The topological polar surface area (TPSA) is 0 Å². The van der Waals surface area contributed by atoms with Crippen LogP contribution in [0.1, 0.15) is 5.56 Å². The molecule has 0 aliphatic heterocycles. The fourth-order valence-electron chi connectivity index (χ4n) is 0.766. The zero-order valence-corrected chi connectivity index (χ0v) is 5.84. The molecule has 50 valence electrons. The Morgan fingerprint density at radius 1 is 1.20 bits per heavy atom. The van der Waals surface area contributed by atoms with E-state index in [2.05, 4.69) is 0 Å². The average molecular weight is 134 g/mol. The summed E-state index contributed by atoms with van der Waals surface area (Å²) < 4.78 is 12.3. The summed E-state index contributed by atoms with van der Waals surface area (Å²) in [5.74, 6) is 1.74. The highest BCUT2D eigenvalue weighted by Gasteiger charge is 1.86. The van der Waals surface area contributed by atoms with Gasteiger partial charge in [0.05, 0.1) is 0 Å². The molecule has 0 aliphatic carbocycles. The molecule has 1 aromatic carbocycles. The highest BCUT2D eigenvalue weighted by atomic mass is 19.1. The minimum absolute atomic E-state index is 0.187. The first-order valence-electron chi connectivity index (χ1n) is 3.21. The molecule has 0 fully saturated rings. The maximum Gasteiger partial charge on any atom is 0.129 e. The molecule has 1 aromatic rings. The zero-order valence-electron chi connectivity index (χ0n) is 5.84. The summed E-state index contributed by atoms with van der Waals surface area (Å²) in [7, 11) is 1.93. The third-order valence-corrected chi connectivity index (χ3v) is 1.23. The van der Waals surface area contributed by atoms with Crippen molar-refractivity contribution in [2.75, 3.05) is 0 Å². The summed E-state index contributed by atoms with van der Waals surface area (Å²) in [5.41, 5.74) is 1.03. The molecule has 0 unspecified atom stereocenters. The zero-order chi connectivity index (χ0) is 7.40. The number of benzene rings is 1. The molecular weight excluding hydrogens is 126 g/mol. The Kier molecular flexibility index (Phi) is 2.27. The molecule has 0 atom stereocenters. The minimum atomic E-state index is -0.187. The predicted octanol–water partition coefficient (Wildman–Crippen LogP) is 1.43. The first-order chi connectivity index (χ1) is 4.83. The van der Waals surface area contributed by atoms with Crippen LogP contribution in [0.5, 0.6) is 0 Å². The van der Waals surface area contributed by atoms with Gasteiger partial charge in [-0.2, -0.15) is 0 Å². The molecule has 0 aliphatic rings. The van der Waals surface area contributed by atoms with Crippen LogP contribution >= 0.6 is 0 Å². The van der Waals surface area contributed by atoms with Crippen molar-refractivity contribution in [3.8, 4) is 0 Å². The van der Waals surface area contributed by atoms with Crippen LogP contribution in [0, 0.1) is 5.82 Å². The summed E-state index contributed by atoms with van der Waals surface area (Å²) in [4.78, 5) is 0. The Labute approximate surface area is 60.8 Å². The number of hydrogen-bond donors (Lipinski definition) is 0. The Hall–Kier alpha value is -1.05. The lowest BCUT2D eigenvalue weighted by Gasteiger charge is -1.90. The minimum Gasteiger partial charge on any atom is -0.207 e. The molecular formula is C8H8BF. The van der Waals surface area contributed by atoms with Crippen LogP contribution < -0.4 is 0 Å². The van der Waals surface area contributed by atoms with E-state index in [-0.39, 0.29) is 5.82 Å². The van der Waals surface area contributed by atoms with Gasteiger partial charge in [-0.15, -0.1) is 5.98 Å². The summed E-state index contributed by atoms with van der Waals surface area (Å²) in [5, 5.41) is 0. The van der Waals surface area contributed by atoms with E-state index in [0.29, 0.717) is 0 Å². The standard InChI is InChI=1S/C8H8BF/c9-6-5-7-1-3-8(10)4-2-7/h1-6H,9H2/b6-5+. The van der Waals surface area contributed by atoms with Gasteiger partial charge in [-0.05, 0) is 17.7 Å². The molecule has 0 bridgehead atoms. The average Bonchev–Trinajstić information content (AvgIpc) is 1.95. The lowest BCUT2D eigenvalue weighted by Crippen LogP contribution is -1.73. The lowest BCUT2D eigenvalue weighted by atomic mass is 10.1. The summed E-state index contributed by atoms with van der Waals surface area (Å²) in [6.07, 6.45) is 1.93. The van der Waals surface area contributed by atoms with E-state index in [1.807, 2.05) is 19.9 Å². The molecule has 0 saturated carbocycles. The fourth-order valence-corrected chi connectivity index (χ4v) is 0.766. The SMILES string of the molecule is B/C=C/c1ccc(F)cc1. The van der Waals surface area contributed by atoms with E-state index in [0.717, 1.165) is 5.56 Å². The molecule has 0 aromatic heterocycles. The second-order valence-corrected chi connectivity index (χ2v) is 2.05. The van der Waals surface area contributed by atoms with Crippen molar-refractivity contribution in [1.82, 2.24) is 0 Å². The van der Waals surface area contributed by atoms with Crippen LogP contribution in [-0.2, 0) is 0 Å². The van der Waals surface area contributed by atoms with Crippen LogP contribution in [0.15, 0.2) is 30.2 Å². The summed E-state index contributed by atoms with van der Waals surface area (Å²) >= 11 is 0. The molecule has 0 radical (unpaired) electrons. The molecule has 2 heteroatoms. The highest BCUT2D eigenvalue weighted by Crippen LogP contribution is 2.03. The van der Waals surface area contributed by atoms with E-state index < -0.39 is 0 Å². The quantitative estimate of drug-likeness (QED) is 0.509. The van der Waals surface area contributed by atoms with Crippen molar-refractivity contribution in [2.24, 2.45) is 0 Å². The Bertz CT molecular complexity index is 226. The molecule has 0 nitrogen and oxygen atoms in total. The van der Waals surface area contributed by atoms with Gasteiger partial charge in [0.2, 0.25) is 0 Å². The Morgan fingerprint density at radius 2 is 1.80 bits per heavy atom. The second-order valence-electron chi connectivity index (χ2n) is 2.05. The number of rotatable bonds is 1. The molecule has 10 heavy (non-hydrogen) atoms. The van der Waals surface area contributed by atoms with E-state index in [1.54, 1.807) is 12.1 Å². The van der Waals surface area contributed by atoms with Gasteiger partial charge in [-0.1, -0.05) is 18.2 Å². The van der Waals surface area contributed by atoms with Gasteiger partial charge < -0.3 is 0 Å². The molecule has 0 amide bonds. The summed E-state index contributed by atoms with van der Waals surface area (Å²) in [6, 6.07) is 6.40. The first-order valence-corrected chi connectivity index (χ1v) is 3.21. The van der Waals surface area contributed by atoms with Crippen LogP contribution in [0.4, 0.5) is 4.39 Å². The van der Waals surface area contributed by atoms with Crippen molar-refractivity contribution < 1.29 is 4.39 Å². The van der Waals surface area contributed by atoms with E-state index >= 15 is 0 Å². The fraction of sp³-hybridized carbons (Fsp3) is 0. The smallest absolute Gasteiger partial charge is 0.129 e. The monoisotopic (exact) mass is 134 g/mol. The second kappa shape index (κ2) is 3.21. The van der Waals surface area contributed by atoms with Gasteiger partial charge >= 0.3 is 0 Å². The van der Waals surface area contributed by atoms with Gasteiger partial charge in [0.25, 0.3) is 0 Å². The van der Waals surface area contributed by atoms with Crippen LogP contribution in [-0.4, -0.2) is 7.85 Å². The molecule has 0 N–H and O–H groups in total. The van der Waals surface area contributed by atoms with Crippen molar-refractivity contribution in [3.63, 3.8) is 0 Å². The van der Waals surface area contributed by atoms with Gasteiger partial charge in [0, 0.05) is 0 Å². The molecule has 1 rings (SSSR count). The van der Waals surface area contributed by atoms with Crippen molar-refractivity contribution >= 4 is 13.9 Å². The normalized spacial score (nSPS) is 10.5. The maximum atomic E-state index is 12.3. The van der Waals surface area contributed by atoms with Gasteiger partial charge in [-0.3, -0.25) is 0 Å². The largest absolute Gasteiger partial charge is 0.207 e. The van der Waals surface area contributed by atoms with E-state index in [4.69, 9.17) is 0 Å².